The quantitative estimate of drug-likeness (QED) is 0.766. The minimum Gasteiger partial charge on any atom is -0.472 e. The molecule has 1 aromatic heterocycles. The van der Waals surface area contributed by atoms with Gasteiger partial charge < -0.3 is 9.64 Å². The summed E-state index contributed by atoms with van der Waals surface area (Å²) in [6, 6.07) is 5.58. The van der Waals surface area contributed by atoms with Crippen LogP contribution >= 0.6 is 0 Å². The molecule has 1 aromatic rings. The Balaban J connectivity index is 1.89. The van der Waals surface area contributed by atoms with Crippen LogP contribution in [0.15, 0.2) is 36.0 Å². The fraction of sp³-hybridized carbons (Fsp3) is 0.429. The molecule has 1 aliphatic heterocycles. The number of allylic oxidation sites excluding steroid dienone is 1. The molecule has 0 aromatic carbocycles. The van der Waals surface area contributed by atoms with E-state index in [2.05, 4.69) is 4.98 Å². The third-order valence-electron chi connectivity index (χ3n) is 2.79. The molecule has 1 atom stereocenters. The van der Waals surface area contributed by atoms with Crippen molar-refractivity contribution in [3.8, 4) is 5.88 Å². The lowest BCUT2D eigenvalue weighted by Crippen LogP contribution is -2.29. The Bertz CT molecular complexity index is 438. The Morgan fingerprint density at radius 2 is 2.33 bits per heavy atom. The zero-order chi connectivity index (χ0) is 13.0. The van der Waals surface area contributed by atoms with Crippen LogP contribution in [0, 0.1) is 0 Å². The highest BCUT2D eigenvalue weighted by Crippen LogP contribution is 2.16. The molecule has 4 heteroatoms. The fourth-order valence-corrected chi connectivity index (χ4v) is 1.95. The fourth-order valence-electron chi connectivity index (χ4n) is 1.95. The van der Waals surface area contributed by atoms with Crippen molar-refractivity contribution in [1.29, 1.82) is 0 Å². The Hall–Kier alpha value is -1.84. The van der Waals surface area contributed by atoms with Crippen molar-refractivity contribution in [2.45, 2.75) is 26.4 Å². The normalized spacial score (nSPS) is 18.6. The van der Waals surface area contributed by atoms with Gasteiger partial charge in [-0.2, -0.15) is 0 Å². The van der Waals surface area contributed by atoms with Crippen molar-refractivity contribution in [3.63, 3.8) is 0 Å². The van der Waals surface area contributed by atoms with Gasteiger partial charge in [0.05, 0.1) is 6.54 Å². The van der Waals surface area contributed by atoms with E-state index in [0.29, 0.717) is 12.4 Å². The molecule has 1 unspecified atom stereocenters. The molecule has 1 amide bonds. The molecule has 1 saturated heterocycles. The lowest BCUT2D eigenvalue weighted by atomic mass is 10.3. The number of pyridine rings is 1. The van der Waals surface area contributed by atoms with Gasteiger partial charge in [0.15, 0.2) is 0 Å². The van der Waals surface area contributed by atoms with Gasteiger partial charge in [0.25, 0.3) is 0 Å². The second kappa shape index (κ2) is 5.67. The van der Waals surface area contributed by atoms with E-state index in [9.17, 15) is 4.79 Å². The molecule has 0 aliphatic carbocycles. The van der Waals surface area contributed by atoms with Crippen LogP contribution in [0.25, 0.3) is 0 Å². The molecule has 18 heavy (non-hydrogen) atoms. The van der Waals surface area contributed by atoms with Crippen LogP contribution < -0.4 is 4.74 Å². The summed E-state index contributed by atoms with van der Waals surface area (Å²) in [5, 5.41) is 0. The van der Waals surface area contributed by atoms with E-state index in [4.69, 9.17) is 4.74 Å². The summed E-state index contributed by atoms with van der Waals surface area (Å²) < 4.78 is 5.73. The summed E-state index contributed by atoms with van der Waals surface area (Å²) in [4.78, 5) is 17.8. The lowest BCUT2D eigenvalue weighted by Gasteiger charge is -2.15. The van der Waals surface area contributed by atoms with Crippen molar-refractivity contribution in [1.82, 2.24) is 9.88 Å². The maximum atomic E-state index is 11.8. The van der Waals surface area contributed by atoms with Crippen molar-refractivity contribution in [3.05, 3.63) is 36.0 Å². The van der Waals surface area contributed by atoms with Crippen LogP contribution in [0.1, 0.15) is 20.3 Å². The summed E-state index contributed by atoms with van der Waals surface area (Å²) in [5.41, 5.74) is 1.02. The highest BCUT2D eigenvalue weighted by Gasteiger charge is 2.26. The molecule has 4 nitrogen and oxygen atoms in total. The van der Waals surface area contributed by atoms with Crippen molar-refractivity contribution in [2.75, 3.05) is 13.1 Å². The highest BCUT2D eigenvalue weighted by atomic mass is 16.5. The van der Waals surface area contributed by atoms with E-state index in [1.54, 1.807) is 12.3 Å². The van der Waals surface area contributed by atoms with Gasteiger partial charge in [-0.3, -0.25) is 4.79 Å². The van der Waals surface area contributed by atoms with E-state index >= 15 is 0 Å². The molecule has 0 spiro atoms. The van der Waals surface area contributed by atoms with Crippen LogP contribution in [0.4, 0.5) is 0 Å². The number of ether oxygens (including phenoxy) is 1. The first-order chi connectivity index (χ1) is 8.65. The average Bonchev–Trinajstić information content (AvgIpc) is 2.78. The van der Waals surface area contributed by atoms with Gasteiger partial charge in [0.2, 0.25) is 11.8 Å². The second-order valence-corrected chi connectivity index (χ2v) is 4.70. The number of nitrogens with zero attached hydrogens (tertiary/aromatic N) is 2. The van der Waals surface area contributed by atoms with Crippen LogP contribution in [-0.2, 0) is 4.79 Å². The summed E-state index contributed by atoms with van der Waals surface area (Å²) in [6.07, 6.45) is 4.28. The topological polar surface area (TPSA) is 42.4 Å². The van der Waals surface area contributed by atoms with Gasteiger partial charge in [-0.1, -0.05) is 11.6 Å². The number of carbonyl (C=O) groups excluding carboxylic acids is 1. The van der Waals surface area contributed by atoms with E-state index in [0.717, 1.165) is 18.5 Å². The summed E-state index contributed by atoms with van der Waals surface area (Å²) in [6.45, 7) is 5.24. The summed E-state index contributed by atoms with van der Waals surface area (Å²) >= 11 is 0. The first kappa shape index (κ1) is 12.6. The molecule has 96 valence electrons. The SMILES string of the molecule is CC(C)=CC(=O)N1CCC(Oc2ccccn2)C1. The van der Waals surface area contributed by atoms with Gasteiger partial charge in [-0.15, -0.1) is 0 Å². The Morgan fingerprint density at radius 1 is 1.50 bits per heavy atom. The number of hydrogen-bond acceptors (Lipinski definition) is 3. The van der Waals surface area contributed by atoms with Crippen molar-refractivity contribution in [2.24, 2.45) is 0 Å². The Labute approximate surface area is 107 Å². The van der Waals surface area contributed by atoms with Crippen molar-refractivity contribution >= 4 is 5.91 Å². The number of amides is 1. The van der Waals surface area contributed by atoms with Gasteiger partial charge in [-0.05, 0) is 19.9 Å². The number of likely N-dealkylation sites (tertiary alicyclic amines) is 1. The minimum absolute atomic E-state index is 0.0504. The van der Waals surface area contributed by atoms with E-state index in [1.807, 2.05) is 36.9 Å². The zero-order valence-electron chi connectivity index (χ0n) is 10.8. The predicted molar refractivity (Wildman–Crippen MR) is 69.3 cm³/mol. The standard InChI is InChI=1S/C14H18N2O2/c1-11(2)9-14(17)16-8-6-12(10-16)18-13-5-3-4-7-15-13/h3-5,7,9,12H,6,8,10H2,1-2H3. The molecule has 0 bridgehead atoms. The molecule has 0 saturated carbocycles. The zero-order valence-corrected chi connectivity index (χ0v) is 10.8. The van der Waals surface area contributed by atoms with Crippen LogP contribution in [0.3, 0.4) is 0 Å². The van der Waals surface area contributed by atoms with Gasteiger partial charge in [-0.25, -0.2) is 4.98 Å². The van der Waals surface area contributed by atoms with E-state index in [-0.39, 0.29) is 12.0 Å². The Kier molecular flexibility index (Phi) is 3.97. The van der Waals surface area contributed by atoms with Gasteiger partial charge in [0, 0.05) is 31.3 Å². The van der Waals surface area contributed by atoms with Gasteiger partial charge >= 0.3 is 0 Å². The number of rotatable bonds is 3. The van der Waals surface area contributed by atoms with Gasteiger partial charge in [0.1, 0.15) is 6.10 Å². The van der Waals surface area contributed by atoms with E-state index < -0.39 is 0 Å². The average molecular weight is 246 g/mol. The highest BCUT2D eigenvalue weighted by molar-refractivity contribution is 5.88. The maximum Gasteiger partial charge on any atom is 0.246 e. The maximum absolute atomic E-state index is 11.8. The number of hydrogen-bond donors (Lipinski definition) is 0. The van der Waals surface area contributed by atoms with Crippen LogP contribution in [-0.4, -0.2) is 35.0 Å². The first-order valence-corrected chi connectivity index (χ1v) is 6.16. The van der Waals surface area contributed by atoms with Crippen LogP contribution in [0.5, 0.6) is 5.88 Å². The molecule has 0 radical (unpaired) electrons. The van der Waals surface area contributed by atoms with Crippen molar-refractivity contribution < 1.29 is 9.53 Å². The largest absolute Gasteiger partial charge is 0.472 e. The van der Waals surface area contributed by atoms with Crippen LogP contribution in [0.2, 0.25) is 0 Å². The molecule has 1 aliphatic rings. The molecule has 0 N–H and O–H groups in total. The molecule has 1 fully saturated rings. The summed E-state index contributed by atoms with van der Waals surface area (Å²) in [5.74, 6) is 0.695. The first-order valence-electron chi connectivity index (χ1n) is 6.16. The molecule has 2 rings (SSSR count). The predicted octanol–water partition coefficient (Wildman–Crippen LogP) is 2.03. The lowest BCUT2D eigenvalue weighted by molar-refractivity contribution is -0.125. The Morgan fingerprint density at radius 3 is 3.00 bits per heavy atom. The molecular formula is C14H18N2O2. The summed E-state index contributed by atoms with van der Waals surface area (Å²) in [7, 11) is 0. The number of aromatic nitrogens is 1. The van der Waals surface area contributed by atoms with E-state index in [1.165, 1.54) is 0 Å². The number of carbonyl (C=O) groups is 1. The second-order valence-electron chi connectivity index (χ2n) is 4.70. The molecule has 2 heterocycles. The third kappa shape index (κ3) is 3.32. The third-order valence-corrected chi connectivity index (χ3v) is 2.79. The minimum atomic E-state index is 0.0504. The smallest absolute Gasteiger partial charge is 0.246 e. The monoisotopic (exact) mass is 246 g/mol. The molecular weight excluding hydrogens is 228 g/mol.